The van der Waals surface area contributed by atoms with E-state index in [1.54, 1.807) is 4.90 Å². The molecule has 0 fully saturated rings. The van der Waals surface area contributed by atoms with Crippen LogP contribution in [0.25, 0.3) is 10.9 Å². The average Bonchev–Trinajstić information content (AvgIpc) is 2.66. The fourth-order valence-electron chi connectivity index (χ4n) is 3.48. The van der Waals surface area contributed by atoms with Gasteiger partial charge < -0.3 is 9.88 Å². The normalized spacial score (nSPS) is 10.9. The van der Waals surface area contributed by atoms with Crippen LogP contribution in [0.2, 0.25) is 0 Å². The number of H-pyrrole nitrogens is 1. The van der Waals surface area contributed by atoms with Crippen LogP contribution < -0.4 is 5.56 Å². The van der Waals surface area contributed by atoms with E-state index in [0.29, 0.717) is 25.1 Å². The summed E-state index contributed by atoms with van der Waals surface area (Å²) < 4.78 is 0. The van der Waals surface area contributed by atoms with E-state index in [-0.39, 0.29) is 11.5 Å². The zero-order valence-corrected chi connectivity index (χ0v) is 16.2. The molecule has 0 aliphatic carbocycles. The summed E-state index contributed by atoms with van der Waals surface area (Å²) in [5.74, 6) is 0.0610. The fourth-order valence-corrected chi connectivity index (χ4v) is 3.48. The van der Waals surface area contributed by atoms with Gasteiger partial charge in [0.05, 0.1) is 12.1 Å². The monoisotopic (exact) mass is 362 g/mol. The third-order valence-electron chi connectivity index (χ3n) is 4.90. The van der Waals surface area contributed by atoms with Crippen molar-refractivity contribution in [2.45, 2.75) is 40.2 Å². The topological polar surface area (TPSA) is 53.2 Å². The molecule has 0 atom stereocenters. The largest absolute Gasteiger partial charge is 0.338 e. The molecule has 0 aliphatic rings. The lowest BCUT2D eigenvalue weighted by Crippen LogP contribution is -2.34. The van der Waals surface area contributed by atoms with Crippen molar-refractivity contribution in [3.63, 3.8) is 0 Å². The van der Waals surface area contributed by atoms with Crippen molar-refractivity contribution in [1.82, 2.24) is 9.88 Å². The Kier molecular flexibility index (Phi) is 5.75. The van der Waals surface area contributed by atoms with Crippen LogP contribution >= 0.6 is 0 Å². The Morgan fingerprint density at radius 2 is 1.81 bits per heavy atom. The molecule has 0 radical (unpaired) electrons. The Balaban J connectivity index is 1.87. The van der Waals surface area contributed by atoms with Crippen LogP contribution in [-0.2, 0) is 17.8 Å². The zero-order valence-electron chi connectivity index (χ0n) is 16.2. The zero-order chi connectivity index (χ0) is 19.4. The van der Waals surface area contributed by atoms with Crippen molar-refractivity contribution in [3.8, 4) is 0 Å². The average molecular weight is 362 g/mol. The van der Waals surface area contributed by atoms with E-state index in [9.17, 15) is 9.59 Å². The molecule has 27 heavy (non-hydrogen) atoms. The molecule has 0 bridgehead atoms. The fraction of sp³-hybridized carbons (Fsp3) is 0.304. The van der Waals surface area contributed by atoms with Gasteiger partial charge >= 0.3 is 0 Å². The molecular weight excluding hydrogens is 336 g/mol. The predicted molar refractivity (Wildman–Crippen MR) is 110 cm³/mol. The van der Waals surface area contributed by atoms with Crippen LogP contribution in [0.15, 0.2) is 53.3 Å². The first-order valence-corrected chi connectivity index (χ1v) is 9.42. The second kappa shape index (κ2) is 8.21. The number of pyridine rings is 1. The van der Waals surface area contributed by atoms with Crippen LogP contribution in [0.1, 0.15) is 35.6 Å². The molecule has 2 aromatic carbocycles. The van der Waals surface area contributed by atoms with Gasteiger partial charge in [0.2, 0.25) is 5.91 Å². The molecule has 0 aliphatic heterocycles. The van der Waals surface area contributed by atoms with Gasteiger partial charge in [-0.05, 0) is 48.9 Å². The molecule has 0 saturated heterocycles. The SMILES string of the molecule is CCC(=O)N(CCc1ccccc1)Cc1cc2cc(C)cc(C)c2[nH]c1=O. The number of carbonyl (C=O) groups excluding carboxylic acids is 1. The highest BCUT2D eigenvalue weighted by Crippen LogP contribution is 2.19. The molecule has 4 nitrogen and oxygen atoms in total. The van der Waals surface area contributed by atoms with Gasteiger partial charge in [0, 0.05) is 18.5 Å². The number of benzene rings is 2. The van der Waals surface area contributed by atoms with E-state index in [2.05, 4.69) is 29.2 Å². The number of aromatic nitrogens is 1. The van der Waals surface area contributed by atoms with Gasteiger partial charge in [0.15, 0.2) is 0 Å². The molecule has 140 valence electrons. The molecular formula is C23H26N2O2. The second-order valence-electron chi connectivity index (χ2n) is 7.07. The third-order valence-corrected chi connectivity index (χ3v) is 4.90. The first-order chi connectivity index (χ1) is 13.0. The number of rotatable bonds is 6. The number of carbonyl (C=O) groups is 1. The number of amides is 1. The predicted octanol–water partition coefficient (Wildman–Crippen LogP) is 4.13. The number of fused-ring (bicyclic) bond motifs is 1. The summed E-state index contributed by atoms with van der Waals surface area (Å²) >= 11 is 0. The van der Waals surface area contributed by atoms with E-state index in [0.717, 1.165) is 28.5 Å². The molecule has 0 unspecified atom stereocenters. The molecule has 0 saturated carbocycles. The van der Waals surface area contributed by atoms with Gasteiger partial charge in [-0.2, -0.15) is 0 Å². The number of aromatic amines is 1. The van der Waals surface area contributed by atoms with Crippen molar-refractivity contribution in [2.24, 2.45) is 0 Å². The molecule has 1 N–H and O–H groups in total. The minimum Gasteiger partial charge on any atom is -0.338 e. The molecule has 1 aromatic heterocycles. The minimum atomic E-state index is -0.122. The number of nitrogens with zero attached hydrogens (tertiary/aromatic N) is 1. The summed E-state index contributed by atoms with van der Waals surface area (Å²) in [5, 5.41) is 1.01. The highest BCUT2D eigenvalue weighted by atomic mass is 16.2. The summed E-state index contributed by atoms with van der Waals surface area (Å²) in [6.45, 7) is 6.83. The Morgan fingerprint density at radius 1 is 1.07 bits per heavy atom. The van der Waals surface area contributed by atoms with Crippen LogP contribution in [0.4, 0.5) is 0 Å². The van der Waals surface area contributed by atoms with Crippen molar-refractivity contribution in [1.29, 1.82) is 0 Å². The Labute approximate surface area is 159 Å². The maximum atomic E-state index is 12.6. The molecule has 1 heterocycles. The first-order valence-electron chi connectivity index (χ1n) is 9.42. The van der Waals surface area contributed by atoms with Crippen molar-refractivity contribution in [2.75, 3.05) is 6.54 Å². The molecule has 3 rings (SSSR count). The van der Waals surface area contributed by atoms with Gasteiger partial charge in [0.25, 0.3) is 5.56 Å². The molecule has 4 heteroatoms. The van der Waals surface area contributed by atoms with E-state index < -0.39 is 0 Å². The highest BCUT2D eigenvalue weighted by molar-refractivity contribution is 5.83. The van der Waals surface area contributed by atoms with Gasteiger partial charge in [-0.15, -0.1) is 0 Å². The summed E-state index contributed by atoms with van der Waals surface area (Å²) in [6, 6.07) is 16.2. The van der Waals surface area contributed by atoms with Crippen LogP contribution in [0.3, 0.4) is 0 Å². The molecule has 1 amide bonds. The number of aryl methyl sites for hydroxylation is 2. The first kappa shape index (κ1) is 18.9. The maximum absolute atomic E-state index is 12.6. The van der Waals surface area contributed by atoms with Gasteiger partial charge in [-0.25, -0.2) is 0 Å². The van der Waals surface area contributed by atoms with Gasteiger partial charge in [-0.1, -0.05) is 48.9 Å². The minimum absolute atomic E-state index is 0.0610. The van der Waals surface area contributed by atoms with Crippen LogP contribution in [-0.4, -0.2) is 22.3 Å². The summed E-state index contributed by atoms with van der Waals surface area (Å²) in [4.78, 5) is 29.8. The van der Waals surface area contributed by atoms with Crippen molar-refractivity contribution >= 4 is 16.8 Å². The smallest absolute Gasteiger partial charge is 0.253 e. The van der Waals surface area contributed by atoms with Gasteiger partial charge in [-0.3, -0.25) is 9.59 Å². The Bertz CT molecular complexity index is 1010. The van der Waals surface area contributed by atoms with Gasteiger partial charge in [0.1, 0.15) is 0 Å². The lowest BCUT2D eigenvalue weighted by Gasteiger charge is -2.22. The van der Waals surface area contributed by atoms with Crippen LogP contribution in [0, 0.1) is 13.8 Å². The van der Waals surface area contributed by atoms with E-state index in [1.165, 1.54) is 5.56 Å². The van der Waals surface area contributed by atoms with E-state index in [4.69, 9.17) is 0 Å². The maximum Gasteiger partial charge on any atom is 0.253 e. The molecule has 0 spiro atoms. The molecule has 3 aromatic rings. The van der Waals surface area contributed by atoms with Crippen molar-refractivity contribution in [3.05, 3.63) is 81.1 Å². The lowest BCUT2D eigenvalue weighted by atomic mass is 10.0. The summed E-state index contributed by atoms with van der Waals surface area (Å²) in [7, 11) is 0. The van der Waals surface area contributed by atoms with Crippen molar-refractivity contribution < 1.29 is 4.79 Å². The highest BCUT2D eigenvalue weighted by Gasteiger charge is 2.15. The number of hydrogen-bond acceptors (Lipinski definition) is 2. The van der Waals surface area contributed by atoms with Crippen LogP contribution in [0.5, 0.6) is 0 Å². The van der Waals surface area contributed by atoms with E-state index >= 15 is 0 Å². The second-order valence-corrected chi connectivity index (χ2v) is 7.07. The summed E-state index contributed by atoms with van der Waals surface area (Å²) in [6.07, 6.45) is 1.20. The number of nitrogens with one attached hydrogen (secondary N) is 1. The summed E-state index contributed by atoms with van der Waals surface area (Å²) in [5.41, 5.74) is 4.77. The Morgan fingerprint density at radius 3 is 2.52 bits per heavy atom. The third kappa shape index (κ3) is 4.45. The Hall–Kier alpha value is -2.88. The standard InChI is InChI=1S/C23H26N2O2/c1-4-21(26)25(11-10-18-8-6-5-7-9-18)15-20-14-19-13-16(2)12-17(3)22(19)24-23(20)27/h5-9,12-14H,4,10-11,15H2,1-3H3,(H,24,27). The number of hydrogen-bond donors (Lipinski definition) is 1. The van der Waals surface area contributed by atoms with E-state index in [1.807, 2.05) is 45.0 Å². The lowest BCUT2D eigenvalue weighted by molar-refractivity contribution is -0.131. The quantitative estimate of drug-likeness (QED) is 0.717.